The number of hydrogen-bond acceptors (Lipinski definition) is 1. The Kier molecular flexibility index (Phi) is 3.85. The molecule has 0 spiro atoms. The van der Waals surface area contributed by atoms with Crippen LogP contribution in [0.2, 0.25) is 0 Å². The number of fused-ring (bicyclic) bond motifs is 1. The molecule has 0 radical (unpaired) electrons. The Hall–Kier alpha value is -2.93. The molecule has 0 N–H and O–H groups in total. The van der Waals surface area contributed by atoms with Crippen LogP contribution in [0, 0.1) is 0 Å². The molecule has 0 aromatic heterocycles. The third-order valence-corrected chi connectivity index (χ3v) is 5.14. The molecule has 0 unspecified atom stereocenters. The van der Waals surface area contributed by atoms with E-state index in [-0.39, 0.29) is 5.78 Å². The summed E-state index contributed by atoms with van der Waals surface area (Å²) in [6, 6.07) is 22.1. The van der Waals surface area contributed by atoms with E-state index in [0.29, 0.717) is 0 Å². The van der Waals surface area contributed by atoms with Crippen LogP contribution in [0.4, 0.5) is 0 Å². The maximum atomic E-state index is 13.0. The summed E-state index contributed by atoms with van der Waals surface area (Å²) in [5.74, 6) is 0.0773. The highest BCUT2D eigenvalue weighted by molar-refractivity contribution is 6.11. The molecule has 25 heavy (non-hydrogen) atoms. The van der Waals surface area contributed by atoms with Gasteiger partial charge in [-0.05, 0) is 59.9 Å². The first-order chi connectivity index (χ1) is 12.1. The van der Waals surface area contributed by atoms with E-state index in [1.54, 1.807) is 0 Å². The predicted octanol–water partition coefficient (Wildman–Crippen LogP) is 6.19. The van der Waals surface area contributed by atoms with Crippen molar-refractivity contribution in [1.29, 1.82) is 0 Å². The molecule has 4 rings (SSSR count). The summed E-state index contributed by atoms with van der Waals surface area (Å²) in [5, 5.41) is 2.25. The second-order valence-electron chi connectivity index (χ2n) is 6.67. The summed E-state index contributed by atoms with van der Waals surface area (Å²) in [6.45, 7) is 4.30. The Balaban J connectivity index is 1.72. The molecule has 0 saturated carbocycles. The number of allylic oxidation sites excluding steroid dienone is 4. The van der Waals surface area contributed by atoms with Gasteiger partial charge in [0.1, 0.15) is 0 Å². The first-order valence-corrected chi connectivity index (χ1v) is 8.64. The molecule has 0 saturated heterocycles. The lowest BCUT2D eigenvalue weighted by Crippen LogP contribution is -2.02. The van der Waals surface area contributed by atoms with Crippen molar-refractivity contribution in [2.24, 2.45) is 0 Å². The average molecular weight is 324 g/mol. The van der Waals surface area contributed by atoms with Gasteiger partial charge < -0.3 is 0 Å². The van der Waals surface area contributed by atoms with Crippen LogP contribution in [-0.4, -0.2) is 5.78 Å². The van der Waals surface area contributed by atoms with Gasteiger partial charge in [-0.25, -0.2) is 0 Å². The topological polar surface area (TPSA) is 17.1 Å². The SMILES string of the molecule is CC1=CCC(c2cccc(C(=O)c3ccc4ccccc4c3)c2)=C1C. The minimum absolute atomic E-state index is 0.0773. The zero-order valence-corrected chi connectivity index (χ0v) is 14.5. The van der Waals surface area contributed by atoms with Gasteiger partial charge in [-0.3, -0.25) is 4.79 Å². The summed E-state index contributed by atoms with van der Waals surface area (Å²) in [4.78, 5) is 13.0. The van der Waals surface area contributed by atoms with Crippen LogP contribution in [0.15, 0.2) is 84.0 Å². The highest BCUT2D eigenvalue weighted by atomic mass is 16.1. The first kappa shape index (κ1) is 15.6. The number of hydrogen-bond donors (Lipinski definition) is 0. The van der Waals surface area contributed by atoms with Gasteiger partial charge in [-0.1, -0.05) is 66.2 Å². The van der Waals surface area contributed by atoms with E-state index in [9.17, 15) is 4.79 Å². The Labute approximate surface area is 148 Å². The lowest BCUT2D eigenvalue weighted by atomic mass is 9.95. The van der Waals surface area contributed by atoms with Gasteiger partial charge >= 0.3 is 0 Å². The standard InChI is InChI=1S/C24H20O/c1-16-10-13-23(17(16)2)20-8-5-9-21(15-20)24(25)22-12-11-18-6-3-4-7-19(18)14-22/h3-12,14-15H,13H2,1-2H3. The normalized spacial score (nSPS) is 14.1. The summed E-state index contributed by atoms with van der Waals surface area (Å²) in [7, 11) is 0. The van der Waals surface area contributed by atoms with Crippen molar-refractivity contribution in [3.05, 3.63) is 101 Å². The number of carbonyl (C=O) groups is 1. The van der Waals surface area contributed by atoms with Gasteiger partial charge in [0.2, 0.25) is 0 Å². The Morgan fingerprint density at radius 2 is 1.56 bits per heavy atom. The summed E-state index contributed by atoms with van der Waals surface area (Å²) < 4.78 is 0. The molecular formula is C24H20O. The fourth-order valence-electron chi connectivity index (χ4n) is 3.48. The lowest BCUT2D eigenvalue weighted by Gasteiger charge is -2.09. The number of ketones is 1. The zero-order valence-electron chi connectivity index (χ0n) is 14.5. The second kappa shape index (κ2) is 6.18. The molecule has 3 aromatic carbocycles. The van der Waals surface area contributed by atoms with E-state index in [2.05, 4.69) is 32.1 Å². The van der Waals surface area contributed by atoms with Crippen LogP contribution in [0.1, 0.15) is 41.8 Å². The van der Waals surface area contributed by atoms with E-state index in [4.69, 9.17) is 0 Å². The van der Waals surface area contributed by atoms with Crippen molar-refractivity contribution < 1.29 is 4.79 Å². The molecule has 1 aliphatic carbocycles. The maximum Gasteiger partial charge on any atom is 0.193 e. The van der Waals surface area contributed by atoms with Crippen molar-refractivity contribution in [2.75, 3.05) is 0 Å². The molecule has 0 amide bonds. The van der Waals surface area contributed by atoms with Crippen LogP contribution >= 0.6 is 0 Å². The van der Waals surface area contributed by atoms with Crippen molar-refractivity contribution in [1.82, 2.24) is 0 Å². The highest BCUT2D eigenvalue weighted by Crippen LogP contribution is 2.33. The summed E-state index contributed by atoms with van der Waals surface area (Å²) in [6.07, 6.45) is 3.20. The molecule has 0 bridgehead atoms. The minimum Gasteiger partial charge on any atom is -0.289 e. The van der Waals surface area contributed by atoms with Crippen molar-refractivity contribution in [3.8, 4) is 0 Å². The van der Waals surface area contributed by atoms with Crippen LogP contribution in [0.3, 0.4) is 0 Å². The van der Waals surface area contributed by atoms with Crippen molar-refractivity contribution >= 4 is 22.1 Å². The van der Waals surface area contributed by atoms with E-state index in [0.717, 1.165) is 33.9 Å². The van der Waals surface area contributed by atoms with E-state index < -0.39 is 0 Å². The van der Waals surface area contributed by atoms with Crippen LogP contribution in [-0.2, 0) is 0 Å². The van der Waals surface area contributed by atoms with Crippen LogP contribution in [0.25, 0.3) is 16.3 Å². The van der Waals surface area contributed by atoms with Gasteiger partial charge in [0.05, 0.1) is 0 Å². The van der Waals surface area contributed by atoms with Crippen molar-refractivity contribution in [2.45, 2.75) is 20.3 Å². The number of rotatable bonds is 3. The fourth-order valence-corrected chi connectivity index (χ4v) is 3.48. The molecule has 3 aromatic rings. The second-order valence-corrected chi connectivity index (χ2v) is 6.67. The maximum absolute atomic E-state index is 13.0. The van der Waals surface area contributed by atoms with E-state index >= 15 is 0 Å². The summed E-state index contributed by atoms with van der Waals surface area (Å²) in [5.41, 5.74) is 6.62. The van der Waals surface area contributed by atoms with Crippen molar-refractivity contribution in [3.63, 3.8) is 0 Å². The molecule has 0 aliphatic heterocycles. The van der Waals surface area contributed by atoms with Gasteiger partial charge in [-0.15, -0.1) is 0 Å². The average Bonchev–Trinajstić information content (AvgIpc) is 2.99. The largest absolute Gasteiger partial charge is 0.289 e. The van der Waals surface area contributed by atoms with E-state index in [1.165, 1.54) is 16.7 Å². The minimum atomic E-state index is 0.0773. The smallest absolute Gasteiger partial charge is 0.193 e. The monoisotopic (exact) mass is 324 g/mol. The lowest BCUT2D eigenvalue weighted by molar-refractivity contribution is 0.103. The van der Waals surface area contributed by atoms with Crippen LogP contribution < -0.4 is 0 Å². The van der Waals surface area contributed by atoms with E-state index in [1.807, 2.05) is 54.6 Å². The Bertz CT molecular complexity index is 1050. The molecule has 0 heterocycles. The molecule has 1 aliphatic rings. The fraction of sp³-hybridized carbons (Fsp3) is 0.125. The third kappa shape index (κ3) is 2.83. The van der Waals surface area contributed by atoms with Gasteiger partial charge in [-0.2, -0.15) is 0 Å². The molecule has 0 atom stereocenters. The summed E-state index contributed by atoms with van der Waals surface area (Å²) >= 11 is 0. The van der Waals surface area contributed by atoms with Gasteiger partial charge in [0.15, 0.2) is 5.78 Å². The van der Waals surface area contributed by atoms with Gasteiger partial charge in [0.25, 0.3) is 0 Å². The quantitative estimate of drug-likeness (QED) is 0.525. The molecular weight excluding hydrogens is 304 g/mol. The first-order valence-electron chi connectivity index (χ1n) is 8.64. The number of carbonyl (C=O) groups excluding carboxylic acids is 1. The molecule has 122 valence electrons. The van der Waals surface area contributed by atoms with Gasteiger partial charge in [0, 0.05) is 11.1 Å². The Morgan fingerprint density at radius 1 is 0.800 bits per heavy atom. The number of benzene rings is 3. The zero-order chi connectivity index (χ0) is 17.4. The van der Waals surface area contributed by atoms with Crippen LogP contribution in [0.5, 0.6) is 0 Å². The Morgan fingerprint density at radius 3 is 2.32 bits per heavy atom. The third-order valence-electron chi connectivity index (χ3n) is 5.14. The predicted molar refractivity (Wildman–Crippen MR) is 105 cm³/mol. The molecule has 1 nitrogen and oxygen atoms in total. The molecule has 1 heteroatoms. The molecule has 0 fully saturated rings. The highest BCUT2D eigenvalue weighted by Gasteiger charge is 2.15.